The Hall–Kier alpha value is -1.93. The number of sulfonamides is 1. The molecule has 1 saturated heterocycles. The monoisotopic (exact) mass is 365 g/mol. The van der Waals surface area contributed by atoms with Crippen LogP contribution in [0.1, 0.15) is 25.7 Å². The topological polar surface area (TPSA) is 88.1 Å². The molecule has 2 aliphatic rings. The zero-order valence-electron chi connectivity index (χ0n) is 14.3. The zero-order valence-corrected chi connectivity index (χ0v) is 15.1. The third-order valence-electron chi connectivity index (χ3n) is 4.28. The van der Waals surface area contributed by atoms with Crippen molar-refractivity contribution in [3.05, 3.63) is 24.3 Å². The number of amidine groups is 1. The van der Waals surface area contributed by atoms with Crippen LogP contribution in [-0.4, -0.2) is 51.9 Å². The van der Waals surface area contributed by atoms with Crippen LogP contribution in [0.2, 0.25) is 0 Å². The van der Waals surface area contributed by atoms with E-state index in [4.69, 9.17) is 4.74 Å². The summed E-state index contributed by atoms with van der Waals surface area (Å²) < 4.78 is 34.0. The summed E-state index contributed by atoms with van der Waals surface area (Å²) in [5.74, 6) is 0.951. The molecule has 25 heavy (non-hydrogen) atoms. The van der Waals surface area contributed by atoms with Gasteiger partial charge in [0, 0.05) is 25.7 Å². The molecular formula is C17H23N3O4S. The van der Waals surface area contributed by atoms with Crippen LogP contribution in [0.15, 0.2) is 33.6 Å². The number of nitrogens with one attached hydrogen (secondary N) is 1. The summed E-state index contributed by atoms with van der Waals surface area (Å²) in [5.41, 5.74) is 0.532. The van der Waals surface area contributed by atoms with Gasteiger partial charge in [-0.25, -0.2) is 0 Å². The number of anilines is 1. The van der Waals surface area contributed by atoms with E-state index in [-0.39, 0.29) is 17.4 Å². The molecule has 7 nitrogen and oxygen atoms in total. The van der Waals surface area contributed by atoms with Crippen LogP contribution in [0.5, 0.6) is 0 Å². The fraction of sp³-hybridized carbons (Fsp3) is 0.529. The van der Waals surface area contributed by atoms with Gasteiger partial charge in [-0.15, -0.1) is 4.40 Å². The first-order chi connectivity index (χ1) is 11.9. The molecule has 1 saturated carbocycles. The van der Waals surface area contributed by atoms with E-state index < -0.39 is 10.0 Å². The minimum Gasteiger partial charge on any atom is -0.371 e. The maximum absolute atomic E-state index is 12.4. The molecular weight excluding hydrogens is 342 g/mol. The minimum absolute atomic E-state index is 0.0105. The summed E-state index contributed by atoms with van der Waals surface area (Å²) in [4.78, 5) is 13.7. The second kappa shape index (κ2) is 7.53. The van der Waals surface area contributed by atoms with Gasteiger partial charge < -0.3 is 15.0 Å². The molecule has 2 fully saturated rings. The second-order valence-electron chi connectivity index (χ2n) is 6.54. The largest absolute Gasteiger partial charge is 0.371 e. The molecule has 0 radical (unpaired) electrons. The highest BCUT2D eigenvalue weighted by Gasteiger charge is 2.22. The van der Waals surface area contributed by atoms with E-state index in [0.717, 1.165) is 13.0 Å². The molecule has 1 aliphatic carbocycles. The van der Waals surface area contributed by atoms with Crippen molar-refractivity contribution in [3.63, 3.8) is 0 Å². The predicted octanol–water partition coefficient (Wildman–Crippen LogP) is 1.86. The number of benzene rings is 1. The number of hydrogen-bond donors (Lipinski definition) is 1. The Morgan fingerprint density at radius 2 is 2.04 bits per heavy atom. The van der Waals surface area contributed by atoms with Gasteiger partial charge >= 0.3 is 0 Å². The molecule has 1 aromatic rings. The standard InChI is InChI=1S/C17H23N3O4S/c1-20-10-2-3-16(20)19-25(22,23)15-8-6-14(7-9-15)18-17(21)12-24-11-13-4-5-13/h6-9,13H,2-5,10-12H2,1H3,(H,18,21)/b19-16+. The van der Waals surface area contributed by atoms with Crippen molar-refractivity contribution in [2.75, 3.05) is 32.1 Å². The van der Waals surface area contributed by atoms with E-state index in [1.807, 2.05) is 11.9 Å². The van der Waals surface area contributed by atoms with Crippen molar-refractivity contribution in [1.29, 1.82) is 0 Å². The molecule has 0 aromatic heterocycles. The first-order valence-electron chi connectivity index (χ1n) is 8.47. The maximum Gasteiger partial charge on any atom is 0.283 e. The molecule has 0 atom stereocenters. The molecule has 0 bridgehead atoms. The van der Waals surface area contributed by atoms with Gasteiger partial charge in [-0.05, 0) is 49.4 Å². The van der Waals surface area contributed by atoms with Gasteiger partial charge in [-0.3, -0.25) is 4.79 Å². The predicted molar refractivity (Wildman–Crippen MR) is 95.1 cm³/mol. The van der Waals surface area contributed by atoms with Crippen molar-refractivity contribution in [2.24, 2.45) is 10.3 Å². The quantitative estimate of drug-likeness (QED) is 0.797. The molecule has 0 unspecified atom stereocenters. The first kappa shape index (κ1) is 17.9. The summed E-state index contributed by atoms with van der Waals surface area (Å²) in [6, 6.07) is 6.03. The molecule has 1 heterocycles. The van der Waals surface area contributed by atoms with Crippen LogP contribution < -0.4 is 5.32 Å². The summed E-state index contributed by atoms with van der Waals surface area (Å²) in [6.07, 6.45) is 3.94. The lowest BCUT2D eigenvalue weighted by Gasteiger charge is -2.11. The molecule has 1 amide bonds. The number of carbonyl (C=O) groups excluding carboxylic acids is 1. The minimum atomic E-state index is -3.73. The van der Waals surface area contributed by atoms with Crippen molar-refractivity contribution in [1.82, 2.24) is 4.90 Å². The molecule has 1 N–H and O–H groups in total. The van der Waals surface area contributed by atoms with Crippen LogP contribution in [0.25, 0.3) is 0 Å². The fourth-order valence-corrected chi connectivity index (χ4v) is 3.70. The highest BCUT2D eigenvalue weighted by atomic mass is 32.2. The van der Waals surface area contributed by atoms with Crippen molar-refractivity contribution < 1.29 is 17.9 Å². The Morgan fingerprint density at radius 1 is 1.32 bits per heavy atom. The van der Waals surface area contributed by atoms with Gasteiger partial charge in [0.2, 0.25) is 5.91 Å². The maximum atomic E-state index is 12.4. The van der Waals surface area contributed by atoms with Gasteiger partial charge in [-0.1, -0.05) is 0 Å². The Labute approximate surface area is 148 Å². The van der Waals surface area contributed by atoms with Crippen molar-refractivity contribution >= 4 is 27.5 Å². The average molecular weight is 365 g/mol. The smallest absolute Gasteiger partial charge is 0.283 e. The van der Waals surface area contributed by atoms with E-state index >= 15 is 0 Å². The normalized spacial score (nSPS) is 19.4. The third kappa shape index (κ3) is 5.02. The summed E-state index contributed by atoms with van der Waals surface area (Å²) >= 11 is 0. The average Bonchev–Trinajstić information content (AvgIpc) is 3.31. The van der Waals surface area contributed by atoms with Crippen LogP contribution >= 0.6 is 0 Å². The van der Waals surface area contributed by atoms with E-state index in [1.54, 1.807) is 12.1 Å². The van der Waals surface area contributed by atoms with E-state index in [2.05, 4.69) is 9.71 Å². The van der Waals surface area contributed by atoms with Gasteiger partial charge in [-0.2, -0.15) is 8.42 Å². The van der Waals surface area contributed by atoms with E-state index in [9.17, 15) is 13.2 Å². The third-order valence-corrected chi connectivity index (χ3v) is 5.60. The molecule has 0 spiro atoms. The fourth-order valence-electron chi connectivity index (χ4n) is 2.61. The van der Waals surface area contributed by atoms with Gasteiger partial charge in [0.1, 0.15) is 12.4 Å². The Bertz CT molecular complexity index is 755. The summed E-state index contributed by atoms with van der Waals surface area (Å²) in [7, 11) is -1.89. The number of nitrogens with zero attached hydrogens (tertiary/aromatic N) is 2. The molecule has 8 heteroatoms. The molecule has 136 valence electrons. The number of carbonyl (C=O) groups is 1. The van der Waals surface area contributed by atoms with Gasteiger partial charge in [0.05, 0.1) is 11.5 Å². The Kier molecular flexibility index (Phi) is 5.39. The zero-order chi connectivity index (χ0) is 17.9. The number of hydrogen-bond acceptors (Lipinski definition) is 4. The van der Waals surface area contributed by atoms with Crippen molar-refractivity contribution in [2.45, 2.75) is 30.6 Å². The lowest BCUT2D eigenvalue weighted by atomic mass is 10.3. The summed E-state index contributed by atoms with van der Waals surface area (Å²) in [6.45, 7) is 1.46. The SMILES string of the molecule is CN1CCC/C1=N\S(=O)(=O)c1ccc(NC(=O)COCC2CC2)cc1. The lowest BCUT2D eigenvalue weighted by molar-refractivity contribution is -0.120. The van der Waals surface area contributed by atoms with Crippen LogP contribution in [0.3, 0.4) is 0 Å². The van der Waals surface area contributed by atoms with Gasteiger partial charge in [0.15, 0.2) is 0 Å². The Morgan fingerprint density at radius 3 is 2.64 bits per heavy atom. The molecule has 3 rings (SSSR count). The first-order valence-corrected chi connectivity index (χ1v) is 9.91. The van der Waals surface area contributed by atoms with Crippen LogP contribution in [0, 0.1) is 5.92 Å². The number of likely N-dealkylation sites (tertiary alicyclic amines) is 1. The van der Waals surface area contributed by atoms with Crippen LogP contribution in [0.4, 0.5) is 5.69 Å². The lowest BCUT2D eigenvalue weighted by Crippen LogP contribution is -2.20. The molecule has 1 aliphatic heterocycles. The highest BCUT2D eigenvalue weighted by Crippen LogP contribution is 2.28. The van der Waals surface area contributed by atoms with Gasteiger partial charge in [0.25, 0.3) is 10.0 Å². The number of rotatable bonds is 7. The van der Waals surface area contributed by atoms with E-state index in [0.29, 0.717) is 30.5 Å². The van der Waals surface area contributed by atoms with Crippen molar-refractivity contribution in [3.8, 4) is 0 Å². The molecule has 1 aromatic carbocycles. The number of ether oxygens (including phenoxy) is 1. The second-order valence-corrected chi connectivity index (χ2v) is 8.14. The summed E-state index contributed by atoms with van der Waals surface area (Å²) in [5, 5.41) is 2.69. The van der Waals surface area contributed by atoms with Crippen LogP contribution in [-0.2, 0) is 19.6 Å². The number of amides is 1. The highest BCUT2D eigenvalue weighted by molar-refractivity contribution is 7.90. The Balaban J connectivity index is 1.58. The van der Waals surface area contributed by atoms with E-state index in [1.165, 1.54) is 25.0 Å².